The zero-order valence-corrected chi connectivity index (χ0v) is 17.7. The number of methoxy groups -OCH3 is 2. The molecule has 0 radical (unpaired) electrons. The van der Waals surface area contributed by atoms with Crippen molar-refractivity contribution in [1.82, 2.24) is 0 Å². The Morgan fingerprint density at radius 2 is 1.66 bits per heavy atom. The minimum atomic E-state index is -1.55. The maximum absolute atomic E-state index is 13.3. The normalized spacial score (nSPS) is 31.3. The van der Waals surface area contributed by atoms with Crippen molar-refractivity contribution in [3.8, 4) is 0 Å². The van der Waals surface area contributed by atoms with E-state index in [9.17, 15) is 19.7 Å². The highest BCUT2D eigenvalue weighted by atomic mass is 16.6. The van der Waals surface area contributed by atoms with Gasteiger partial charge in [0.05, 0.1) is 36.9 Å². The summed E-state index contributed by atoms with van der Waals surface area (Å²) in [5.74, 6) is -2.22. The molecule has 5 atom stereocenters. The SMILES string of the molecule is COC(=O)C1(C(=O)OC)C[C@]23C[C@H]2O[C@@H](c2ccccc2[N+](=O)[O-])[C@@H]3[C@H]1c1ccccc1. The highest BCUT2D eigenvalue weighted by molar-refractivity contribution is 6.02. The Hall–Kier alpha value is -3.26. The van der Waals surface area contributed by atoms with Crippen LogP contribution in [0.4, 0.5) is 5.69 Å². The van der Waals surface area contributed by atoms with E-state index in [0.29, 0.717) is 12.0 Å². The number of nitro benzene ring substituents is 1. The summed E-state index contributed by atoms with van der Waals surface area (Å²) in [5.41, 5.74) is -0.785. The van der Waals surface area contributed by atoms with Gasteiger partial charge in [-0.3, -0.25) is 19.7 Å². The summed E-state index contributed by atoms with van der Waals surface area (Å²) in [7, 11) is 2.53. The fourth-order valence-electron chi connectivity index (χ4n) is 6.29. The zero-order valence-electron chi connectivity index (χ0n) is 17.7. The lowest BCUT2D eigenvalue weighted by molar-refractivity contribution is -0.386. The average molecular weight is 437 g/mol. The molecule has 1 aliphatic heterocycles. The number of esters is 2. The molecule has 0 bridgehead atoms. The van der Waals surface area contributed by atoms with Gasteiger partial charge >= 0.3 is 11.9 Å². The molecule has 0 unspecified atom stereocenters. The van der Waals surface area contributed by atoms with E-state index in [2.05, 4.69) is 0 Å². The fourth-order valence-corrected chi connectivity index (χ4v) is 6.29. The van der Waals surface area contributed by atoms with Crippen LogP contribution in [0.15, 0.2) is 54.6 Å². The van der Waals surface area contributed by atoms with Gasteiger partial charge in [0, 0.05) is 23.3 Å². The lowest BCUT2D eigenvalue weighted by Gasteiger charge is -2.35. The molecule has 3 aliphatic rings. The van der Waals surface area contributed by atoms with Crippen LogP contribution in [0.3, 0.4) is 0 Å². The molecule has 0 aromatic heterocycles. The lowest BCUT2D eigenvalue weighted by Crippen LogP contribution is -2.45. The van der Waals surface area contributed by atoms with Crippen LogP contribution < -0.4 is 0 Å². The molecule has 8 nitrogen and oxygen atoms in total. The molecule has 0 N–H and O–H groups in total. The number of nitro groups is 1. The van der Waals surface area contributed by atoms with Crippen LogP contribution in [0.25, 0.3) is 0 Å². The summed E-state index contributed by atoms with van der Waals surface area (Å²) in [4.78, 5) is 37.8. The van der Waals surface area contributed by atoms with E-state index in [1.54, 1.807) is 18.2 Å². The Kier molecular flexibility index (Phi) is 4.60. The van der Waals surface area contributed by atoms with Gasteiger partial charge in [-0.15, -0.1) is 0 Å². The third-order valence-corrected chi connectivity index (χ3v) is 7.54. The first kappa shape index (κ1) is 20.6. The second-order valence-corrected chi connectivity index (χ2v) is 8.84. The third-order valence-electron chi connectivity index (χ3n) is 7.54. The van der Waals surface area contributed by atoms with Gasteiger partial charge in [0.1, 0.15) is 0 Å². The highest BCUT2D eigenvalue weighted by Crippen LogP contribution is 2.80. The summed E-state index contributed by atoms with van der Waals surface area (Å²) >= 11 is 0. The maximum atomic E-state index is 13.3. The second-order valence-electron chi connectivity index (χ2n) is 8.84. The molecule has 1 spiro atoms. The molecular weight excluding hydrogens is 414 g/mol. The Morgan fingerprint density at radius 3 is 2.28 bits per heavy atom. The monoisotopic (exact) mass is 437 g/mol. The van der Waals surface area contributed by atoms with Crippen LogP contribution in [0.2, 0.25) is 0 Å². The number of carbonyl (C=O) groups is 2. The topological polar surface area (TPSA) is 105 Å². The van der Waals surface area contributed by atoms with E-state index < -0.39 is 39.7 Å². The quantitative estimate of drug-likeness (QED) is 0.305. The number of hydrogen-bond acceptors (Lipinski definition) is 7. The molecule has 2 saturated carbocycles. The van der Waals surface area contributed by atoms with Crippen molar-refractivity contribution >= 4 is 17.6 Å². The molecule has 8 heteroatoms. The largest absolute Gasteiger partial charge is 0.468 e. The van der Waals surface area contributed by atoms with Gasteiger partial charge in [-0.25, -0.2) is 0 Å². The zero-order chi connectivity index (χ0) is 22.7. The van der Waals surface area contributed by atoms with Crippen molar-refractivity contribution in [2.24, 2.45) is 16.7 Å². The van der Waals surface area contributed by atoms with Crippen molar-refractivity contribution in [3.05, 3.63) is 75.8 Å². The first-order valence-electron chi connectivity index (χ1n) is 10.5. The fraction of sp³-hybridized carbons (Fsp3) is 0.417. The minimum absolute atomic E-state index is 0.0330. The average Bonchev–Trinajstić information content (AvgIpc) is 3.27. The molecule has 32 heavy (non-hydrogen) atoms. The molecule has 2 aliphatic carbocycles. The second kappa shape index (κ2) is 7.13. The summed E-state index contributed by atoms with van der Waals surface area (Å²) in [6.45, 7) is 0. The molecule has 2 aromatic carbocycles. The summed E-state index contributed by atoms with van der Waals surface area (Å²) in [6, 6.07) is 15.8. The minimum Gasteiger partial charge on any atom is -0.468 e. The van der Waals surface area contributed by atoms with Crippen LogP contribution in [-0.4, -0.2) is 37.2 Å². The molecule has 3 fully saturated rings. The number of benzene rings is 2. The van der Waals surface area contributed by atoms with Gasteiger partial charge in [0.25, 0.3) is 5.69 Å². The van der Waals surface area contributed by atoms with Crippen molar-refractivity contribution in [2.45, 2.75) is 31.0 Å². The van der Waals surface area contributed by atoms with E-state index in [-0.39, 0.29) is 24.1 Å². The number of nitrogens with zero attached hydrogens (tertiary/aromatic N) is 1. The van der Waals surface area contributed by atoms with E-state index in [4.69, 9.17) is 14.2 Å². The van der Waals surface area contributed by atoms with Crippen molar-refractivity contribution < 1.29 is 28.7 Å². The Morgan fingerprint density at radius 1 is 1.03 bits per heavy atom. The van der Waals surface area contributed by atoms with E-state index >= 15 is 0 Å². The predicted molar refractivity (Wildman–Crippen MR) is 112 cm³/mol. The molecule has 2 aromatic rings. The summed E-state index contributed by atoms with van der Waals surface area (Å²) < 4.78 is 16.6. The smallest absolute Gasteiger partial charge is 0.323 e. The van der Waals surface area contributed by atoms with E-state index in [0.717, 1.165) is 5.56 Å². The molecular formula is C24H23NO7. The number of carbonyl (C=O) groups excluding carboxylic acids is 2. The maximum Gasteiger partial charge on any atom is 0.323 e. The first-order valence-corrected chi connectivity index (χ1v) is 10.5. The molecule has 0 amide bonds. The van der Waals surface area contributed by atoms with Crippen molar-refractivity contribution in [3.63, 3.8) is 0 Å². The highest BCUT2D eigenvalue weighted by Gasteiger charge is 2.81. The van der Waals surface area contributed by atoms with Crippen LogP contribution >= 0.6 is 0 Å². The predicted octanol–water partition coefficient (Wildman–Crippen LogP) is 3.56. The van der Waals surface area contributed by atoms with Gasteiger partial charge in [-0.1, -0.05) is 42.5 Å². The van der Waals surface area contributed by atoms with Gasteiger partial charge in [0.2, 0.25) is 0 Å². The van der Waals surface area contributed by atoms with Crippen molar-refractivity contribution in [2.75, 3.05) is 14.2 Å². The summed E-state index contributed by atoms with van der Waals surface area (Å²) in [6.07, 6.45) is 0.107. The number of ether oxygens (including phenoxy) is 3. The van der Waals surface area contributed by atoms with Crippen molar-refractivity contribution in [1.29, 1.82) is 0 Å². The van der Waals surface area contributed by atoms with Gasteiger partial charge in [-0.2, -0.15) is 0 Å². The number of rotatable bonds is 5. The van der Waals surface area contributed by atoms with E-state index in [1.807, 2.05) is 30.3 Å². The Balaban J connectivity index is 1.73. The lowest BCUT2D eigenvalue weighted by atomic mass is 9.69. The standard InChI is InChI=1S/C24H23NO7/c1-30-21(26)24(22(27)31-2)13-23-12-17(23)32-20(15-10-6-7-11-16(15)25(28)29)19(23)18(24)14-8-4-3-5-9-14/h3-11,17-20H,12-13H2,1-2H3/t17-,18-,19+,20+,23-/m1/s1. The van der Waals surface area contributed by atoms with Gasteiger partial charge in [0.15, 0.2) is 5.41 Å². The molecule has 5 rings (SSSR count). The molecule has 1 saturated heterocycles. The number of hydrogen-bond donors (Lipinski definition) is 0. The van der Waals surface area contributed by atoms with Crippen LogP contribution in [0.5, 0.6) is 0 Å². The Bertz CT molecular complexity index is 1080. The number of para-hydroxylation sites is 1. The van der Waals surface area contributed by atoms with Crippen LogP contribution in [0, 0.1) is 26.9 Å². The molecule has 1 heterocycles. The first-order chi connectivity index (χ1) is 15.4. The van der Waals surface area contributed by atoms with Crippen LogP contribution in [0.1, 0.15) is 36.0 Å². The van der Waals surface area contributed by atoms with Gasteiger partial charge in [-0.05, 0) is 24.5 Å². The molecule has 166 valence electrons. The third kappa shape index (κ3) is 2.59. The van der Waals surface area contributed by atoms with Crippen LogP contribution in [-0.2, 0) is 23.8 Å². The van der Waals surface area contributed by atoms with E-state index in [1.165, 1.54) is 20.3 Å². The Labute approximate surface area is 184 Å². The van der Waals surface area contributed by atoms with Gasteiger partial charge < -0.3 is 14.2 Å². The summed E-state index contributed by atoms with van der Waals surface area (Å²) in [5, 5.41) is 11.8.